The van der Waals surface area contributed by atoms with Crippen molar-refractivity contribution in [3.8, 4) is 0 Å². The summed E-state index contributed by atoms with van der Waals surface area (Å²) in [7, 11) is 0. The highest BCUT2D eigenvalue weighted by atomic mass is 15.2. The maximum absolute atomic E-state index is 4.84. The van der Waals surface area contributed by atoms with Crippen LogP contribution in [0.2, 0.25) is 0 Å². The van der Waals surface area contributed by atoms with Gasteiger partial charge in [-0.15, -0.1) is 0 Å². The molecule has 0 unspecified atom stereocenters. The third kappa shape index (κ3) is 4.20. The highest BCUT2D eigenvalue weighted by Gasteiger charge is 2.29. The number of aryl methyl sites for hydroxylation is 1. The van der Waals surface area contributed by atoms with Crippen molar-refractivity contribution >= 4 is 5.82 Å². The molecule has 112 valence electrons. The molecular weight excluding hydrogens is 246 g/mol. The van der Waals surface area contributed by atoms with Crippen molar-refractivity contribution in [2.24, 2.45) is 0 Å². The lowest BCUT2D eigenvalue weighted by molar-refractivity contribution is 0.423. The second kappa shape index (κ2) is 6.13. The molecule has 1 aliphatic rings. The van der Waals surface area contributed by atoms with Gasteiger partial charge in [0.15, 0.2) is 0 Å². The van der Waals surface area contributed by atoms with E-state index in [4.69, 9.17) is 4.98 Å². The Morgan fingerprint density at radius 1 is 1.30 bits per heavy atom. The molecule has 1 fully saturated rings. The van der Waals surface area contributed by atoms with E-state index in [2.05, 4.69) is 57.0 Å². The van der Waals surface area contributed by atoms with Crippen LogP contribution in [0.1, 0.15) is 58.2 Å². The van der Waals surface area contributed by atoms with Gasteiger partial charge in [0.1, 0.15) is 5.82 Å². The number of aromatic nitrogens is 1. The van der Waals surface area contributed by atoms with Crippen LogP contribution in [0.5, 0.6) is 0 Å². The summed E-state index contributed by atoms with van der Waals surface area (Å²) in [5.41, 5.74) is 2.60. The van der Waals surface area contributed by atoms with Gasteiger partial charge in [0.05, 0.1) is 0 Å². The number of hydrogen-bond acceptors (Lipinski definition) is 3. The third-order valence-electron chi connectivity index (χ3n) is 3.74. The molecule has 1 heterocycles. The Hall–Kier alpha value is -1.09. The van der Waals surface area contributed by atoms with E-state index in [0.717, 1.165) is 30.6 Å². The minimum Gasteiger partial charge on any atom is -0.354 e. The van der Waals surface area contributed by atoms with Crippen molar-refractivity contribution in [3.63, 3.8) is 0 Å². The Morgan fingerprint density at radius 3 is 2.50 bits per heavy atom. The first-order valence-electron chi connectivity index (χ1n) is 7.89. The largest absolute Gasteiger partial charge is 0.354 e. The van der Waals surface area contributed by atoms with Crippen molar-refractivity contribution in [1.82, 2.24) is 10.3 Å². The molecule has 2 rings (SSSR count). The van der Waals surface area contributed by atoms with Crippen molar-refractivity contribution in [2.75, 3.05) is 11.4 Å². The average Bonchev–Trinajstić information content (AvgIpc) is 3.17. The summed E-state index contributed by atoms with van der Waals surface area (Å²) in [6.07, 6.45) is 3.84. The Morgan fingerprint density at radius 2 is 2.00 bits per heavy atom. The summed E-state index contributed by atoms with van der Waals surface area (Å²) in [5, 5.41) is 3.53. The maximum Gasteiger partial charge on any atom is 0.129 e. The third-order valence-corrected chi connectivity index (χ3v) is 3.74. The smallest absolute Gasteiger partial charge is 0.129 e. The molecule has 1 saturated carbocycles. The summed E-state index contributed by atoms with van der Waals surface area (Å²) < 4.78 is 0. The first-order valence-corrected chi connectivity index (χ1v) is 7.89. The minimum absolute atomic E-state index is 0.146. The fraction of sp³-hybridized carbons (Fsp3) is 0.706. The van der Waals surface area contributed by atoms with Gasteiger partial charge >= 0.3 is 0 Å². The number of nitrogens with one attached hydrogen (secondary N) is 1. The van der Waals surface area contributed by atoms with Gasteiger partial charge in [-0.05, 0) is 58.6 Å². The molecule has 0 bridgehead atoms. The molecule has 0 amide bonds. The Kier molecular flexibility index (Phi) is 4.69. The van der Waals surface area contributed by atoms with Gasteiger partial charge < -0.3 is 10.2 Å². The molecule has 3 heteroatoms. The second-order valence-corrected chi connectivity index (χ2v) is 6.94. The number of hydrogen-bond donors (Lipinski definition) is 1. The highest BCUT2D eigenvalue weighted by molar-refractivity contribution is 5.44. The Bertz CT molecular complexity index is 444. The predicted octanol–water partition coefficient (Wildman–Crippen LogP) is 3.66. The average molecular weight is 275 g/mol. The lowest BCUT2D eigenvalue weighted by atomic mass is 10.1. The monoisotopic (exact) mass is 275 g/mol. The van der Waals surface area contributed by atoms with Crippen molar-refractivity contribution in [1.29, 1.82) is 0 Å². The standard InChI is InChI=1S/C17H29N3/c1-6-11-20(15-8-9-15)16-10-7-14(13(2)19-16)12-18-17(3,4)5/h7,10,15,18H,6,8-9,11-12H2,1-5H3. The lowest BCUT2D eigenvalue weighted by Crippen LogP contribution is -2.35. The molecule has 0 aliphatic heterocycles. The van der Waals surface area contributed by atoms with Crippen LogP contribution in [0.15, 0.2) is 12.1 Å². The zero-order valence-corrected chi connectivity index (χ0v) is 13.7. The van der Waals surface area contributed by atoms with E-state index in [0.29, 0.717) is 0 Å². The number of nitrogens with zero attached hydrogens (tertiary/aromatic N) is 2. The Balaban J connectivity index is 2.08. The van der Waals surface area contributed by atoms with Crippen LogP contribution in [0.4, 0.5) is 5.82 Å². The number of rotatable bonds is 6. The van der Waals surface area contributed by atoms with E-state index in [-0.39, 0.29) is 5.54 Å². The molecular formula is C17H29N3. The van der Waals surface area contributed by atoms with Crippen molar-refractivity contribution in [2.45, 2.75) is 72.0 Å². The van der Waals surface area contributed by atoms with Gasteiger partial charge in [-0.25, -0.2) is 4.98 Å². The predicted molar refractivity (Wildman–Crippen MR) is 86.2 cm³/mol. The summed E-state index contributed by atoms with van der Waals surface area (Å²) in [6.45, 7) is 13.0. The molecule has 3 nitrogen and oxygen atoms in total. The van der Waals surface area contributed by atoms with E-state index in [9.17, 15) is 0 Å². The minimum atomic E-state index is 0.146. The topological polar surface area (TPSA) is 28.2 Å². The fourth-order valence-electron chi connectivity index (χ4n) is 2.40. The lowest BCUT2D eigenvalue weighted by Gasteiger charge is -2.25. The van der Waals surface area contributed by atoms with Gasteiger partial charge in [-0.1, -0.05) is 13.0 Å². The van der Waals surface area contributed by atoms with Crippen LogP contribution in [0.25, 0.3) is 0 Å². The van der Waals surface area contributed by atoms with Gasteiger partial charge in [-0.2, -0.15) is 0 Å². The highest BCUT2D eigenvalue weighted by Crippen LogP contribution is 2.31. The first kappa shape index (κ1) is 15.3. The summed E-state index contributed by atoms with van der Waals surface area (Å²) >= 11 is 0. The molecule has 1 aliphatic carbocycles. The van der Waals surface area contributed by atoms with Gasteiger partial charge in [0.2, 0.25) is 0 Å². The molecule has 1 aromatic rings. The van der Waals surface area contributed by atoms with E-state index in [1.807, 2.05) is 0 Å². The summed E-state index contributed by atoms with van der Waals surface area (Å²) in [4.78, 5) is 7.32. The molecule has 0 aromatic carbocycles. The van der Waals surface area contributed by atoms with Crippen molar-refractivity contribution in [3.05, 3.63) is 23.4 Å². The zero-order valence-electron chi connectivity index (χ0n) is 13.7. The van der Waals surface area contributed by atoms with E-state index in [1.165, 1.54) is 24.8 Å². The summed E-state index contributed by atoms with van der Waals surface area (Å²) in [6, 6.07) is 5.17. The van der Waals surface area contributed by atoms with Gasteiger partial charge in [0, 0.05) is 30.4 Å². The zero-order chi connectivity index (χ0) is 14.8. The Labute approximate surface area is 123 Å². The number of pyridine rings is 1. The van der Waals surface area contributed by atoms with Gasteiger partial charge in [0.25, 0.3) is 0 Å². The second-order valence-electron chi connectivity index (χ2n) is 6.94. The van der Waals surface area contributed by atoms with Crippen LogP contribution in [0.3, 0.4) is 0 Å². The van der Waals surface area contributed by atoms with Crippen LogP contribution in [-0.4, -0.2) is 23.1 Å². The van der Waals surface area contributed by atoms with Crippen molar-refractivity contribution < 1.29 is 0 Å². The number of anilines is 1. The SMILES string of the molecule is CCCN(c1ccc(CNC(C)(C)C)c(C)n1)C1CC1. The summed E-state index contributed by atoms with van der Waals surface area (Å²) in [5.74, 6) is 1.16. The first-order chi connectivity index (χ1) is 9.40. The van der Waals surface area contributed by atoms with Crippen LogP contribution >= 0.6 is 0 Å². The molecule has 20 heavy (non-hydrogen) atoms. The van der Waals surface area contributed by atoms with E-state index >= 15 is 0 Å². The molecule has 0 spiro atoms. The quantitative estimate of drug-likeness (QED) is 0.859. The van der Waals surface area contributed by atoms with Crippen LogP contribution < -0.4 is 10.2 Å². The normalized spacial score (nSPS) is 15.4. The molecule has 0 radical (unpaired) electrons. The molecule has 1 aromatic heterocycles. The molecule has 1 N–H and O–H groups in total. The van der Waals surface area contributed by atoms with Crippen LogP contribution in [0, 0.1) is 6.92 Å². The molecule has 0 atom stereocenters. The van der Waals surface area contributed by atoms with E-state index in [1.54, 1.807) is 0 Å². The molecule has 0 saturated heterocycles. The van der Waals surface area contributed by atoms with Gasteiger partial charge in [-0.3, -0.25) is 0 Å². The van der Waals surface area contributed by atoms with E-state index < -0.39 is 0 Å². The maximum atomic E-state index is 4.84. The fourth-order valence-corrected chi connectivity index (χ4v) is 2.40. The van der Waals surface area contributed by atoms with Crippen LogP contribution in [-0.2, 0) is 6.54 Å².